The number of rotatable bonds is 1. The Morgan fingerprint density at radius 1 is 1.58 bits per heavy atom. The number of nitrogen functional groups attached to an aromatic ring is 1. The summed E-state index contributed by atoms with van der Waals surface area (Å²) in [4.78, 5) is 3.66. The van der Waals surface area contributed by atoms with Gasteiger partial charge in [-0.15, -0.1) is 0 Å². The summed E-state index contributed by atoms with van der Waals surface area (Å²) in [5.74, 6) is -0.160. The smallest absolute Gasteiger partial charge is 0.267 e. The van der Waals surface area contributed by atoms with Crippen LogP contribution in [0.3, 0.4) is 0 Å². The van der Waals surface area contributed by atoms with Crippen molar-refractivity contribution < 1.29 is 8.78 Å². The largest absolute Gasteiger partial charge is 0.383 e. The molecule has 0 saturated heterocycles. The topological polar surface area (TPSA) is 38.9 Å². The fourth-order valence-corrected chi connectivity index (χ4v) is 0.948. The van der Waals surface area contributed by atoms with Gasteiger partial charge in [0.05, 0.1) is 16.3 Å². The van der Waals surface area contributed by atoms with Crippen molar-refractivity contribution in [3.63, 3.8) is 0 Å². The van der Waals surface area contributed by atoms with E-state index in [4.69, 9.17) is 17.3 Å². The van der Waals surface area contributed by atoms with E-state index in [9.17, 15) is 8.78 Å². The predicted octanol–water partition coefficient (Wildman–Crippen LogP) is 2.56. The van der Waals surface area contributed by atoms with Crippen LogP contribution in [0.2, 0.25) is 5.02 Å². The van der Waals surface area contributed by atoms with Gasteiger partial charge in [-0.2, -0.15) is 0 Å². The van der Waals surface area contributed by atoms with E-state index in [2.05, 4.69) is 4.98 Å². The van der Waals surface area contributed by atoms with Crippen LogP contribution in [-0.4, -0.2) is 4.98 Å². The quantitative estimate of drug-likeness (QED) is 0.743. The van der Waals surface area contributed by atoms with Crippen LogP contribution in [0.25, 0.3) is 0 Å². The van der Waals surface area contributed by atoms with Gasteiger partial charge in [-0.05, 0) is 13.0 Å². The van der Waals surface area contributed by atoms with Gasteiger partial charge in [0.25, 0.3) is 6.43 Å². The monoisotopic (exact) mass is 192 g/mol. The zero-order chi connectivity index (χ0) is 9.30. The molecule has 66 valence electrons. The summed E-state index contributed by atoms with van der Waals surface area (Å²) in [6.07, 6.45) is -2.63. The van der Waals surface area contributed by atoms with Crippen LogP contribution in [0.1, 0.15) is 17.7 Å². The number of alkyl halides is 2. The second-order valence-corrected chi connectivity index (χ2v) is 2.74. The third-order valence-corrected chi connectivity index (χ3v) is 1.83. The lowest BCUT2D eigenvalue weighted by molar-refractivity contribution is 0.152. The Kier molecular flexibility index (Phi) is 2.47. The Hall–Kier alpha value is -0.900. The first-order valence-corrected chi connectivity index (χ1v) is 3.61. The molecule has 0 fully saturated rings. The lowest BCUT2D eigenvalue weighted by atomic mass is 10.2. The van der Waals surface area contributed by atoms with Gasteiger partial charge in [-0.1, -0.05) is 11.6 Å². The molecule has 1 aromatic rings. The summed E-state index contributed by atoms with van der Waals surface area (Å²) >= 11 is 5.58. The molecule has 0 amide bonds. The molecule has 1 aromatic heterocycles. The van der Waals surface area contributed by atoms with E-state index in [0.717, 1.165) is 6.07 Å². The van der Waals surface area contributed by atoms with Crippen molar-refractivity contribution >= 4 is 17.4 Å². The van der Waals surface area contributed by atoms with Crippen LogP contribution in [0.4, 0.5) is 14.6 Å². The Morgan fingerprint density at radius 2 is 2.17 bits per heavy atom. The van der Waals surface area contributed by atoms with Gasteiger partial charge in [0, 0.05) is 0 Å². The highest BCUT2D eigenvalue weighted by Crippen LogP contribution is 2.27. The number of hydrogen-bond acceptors (Lipinski definition) is 2. The van der Waals surface area contributed by atoms with Crippen molar-refractivity contribution in [2.45, 2.75) is 13.3 Å². The van der Waals surface area contributed by atoms with Gasteiger partial charge in [0.1, 0.15) is 5.82 Å². The first-order chi connectivity index (χ1) is 5.52. The molecule has 0 aromatic carbocycles. The normalized spacial score (nSPS) is 10.8. The second kappa shape index (κ2) is 3.23. The minimum absolute atomic E-state index is 0.160. The molecule has 0 atom stereocenters. The van der Waals surface area contributed by atoms with E-state index >= 15 is 0 Å². The van der Waals surface area contributed by atoms with Gasteiger partial charge in [0.2, 0.25) is 0 Å². The van der Waals surface area contributed by atoms with E-state index in [1.165, 1.54) is 0 Å². The summed E-state index contributed by atoms with van der Waals surface area (Å²) < 4.78 is 24.3. The minimum atomic E-state index is -2.63. The van der Waals surface area contributed by atoms with Crippen LogP contribution in [-0.2, 0) is 0 Å². The van der Waals surface area contributed by atoms with E-state index in [1.807, 2.05) is 0 Å². The van der Waals surface area contributed by atoms with E-state index < -0.39 is 6.43 Å². The number of anilines is 1. The number of pyridine rings is 1. The molecule has 0 aliphatic rings. The van der Waals surface area contributed by atoms with Gasteiger partial charge in [-0.25, -0.2) is 13.8 Å². The Balaban J connectivity index is 3.23. The molecule has 2 N–H and O–H groups in total. The number of aromatic nitrogens is 1. The van der Waals surface area contributed by atoms with Crippen molar-refractivity contribution in [3.8, 4) is 0 Å². The summed E-state index contributed by atoms with van der Waals surface area (Å²) in [5.41, 5.74) is 5.38. The lowest BCUT2D eigenvalue weighted by Crippen LogP contribution is -2.00. The molecule has 0 aliphatic heterocycles. The Bertz CT molecular complexity index is 302. The molecule has 5 heteroatoms. The number of halogens is 3. The zero-order valence-electron chi connectivity index (χ0n) is 6.31. The highest BCUT2D eigenvalue weighted by molar-refractivity contribution is 6.31. The van der Waals surface area contributed by atoms with Crippen molar-refractivity contribution in [2.24, 2.45) is 0 Å². The summed E-state index contributed by atoms with van der Waals surface area (Å²) in [6, 6.07) is 1.14. The molecule has 0 radical (unpaired) electrons. The molecular formula is C7H7ClF2N2. The number of nitrogens with two attached hydrogens (primary N) is 1. The first kappa shape index (κ1) is 9.19. The molecule has 0 unspecified atom stereocenters. The Labute approximate surface area is 73.4 Å². The third-order valence-electron chi connectivity index (χ3n) is 1.45. The third kappa shape index (κ3) is 1.64. The van der Waals surface area contributed by atoms with E-state index in [0.29, 0.717) is 5.69 Å². The van der Waals surface area contributed by atoms with Crippen molar-refractivity contribution in [2.75, 3.05) is 5.73 Å². The van der Waals surface area contributed by atoms with Crippen LogP contribution >= 0.6 is 11.6 Å². The maximum atomic E-state index is 12.2. The van der Waals surface area contributed by atoms with Crippen molar-refractivity contribution in [3.05, 3.63) is 22.3 Å². The predicted molar refractivity (Wildman–Crippen MR) is 43.4 cm³/mol. The highest BCUT2D eigenvalue weighted by Gasteiger charge is 2.13. The highest BCUT2D eigenvalue weighted by atomic mass is 35.5. The first-order valence-electron chi connectivity index (χ1n) is 3.23. The van der Waals surface area contributed by atoms with Crippen LogP contribution in [0, 0.1) is 6.92 Å². The molecule has 1 heterocycles. The van der Waals surface area contributed by atoms with Gasteiger partial charge in [-0.3, -0.25) is 0 Å². The van der Waals surface area contributed by atoms with Crippen molar-refractivity contribution in [1.29, 1.82) is 0 Å². The van der Waals surface area contributed by atoms with E-state index in [-0.39, 0.29) is 16.4 Å². The maximum Gasteiger partial charge on any atom is 0.267 e. The van der Waals surface area contributed by atoms with Gasteiger partial charge < -0.3 is 5.73 Å². The molecular weight excluding hydrogens is 186 g/mol. The molecule has 0 bridgehead atoms. The summed E-state index contributed by atoms with van der Waals surface area (Å²) in [6.45, 7) is 1.61. The van der Waals surface area contributed by atoms with Crippen molar-refractivity contribution in [1.82, 2.24) is 4.98 Å². The number of nitrogens with zero attached hydrogens (tertiary/aromatic N) is 1. The average molecular weight is 193 g/mol. The fraction of sp³-hybridized carbons (Fsp3) is 0.286. The standard InChI is InChI=1S/C7H7ClF2N2/c1-3-5(8)2-4(6(9)10)7(11)12-3/h2,6H,1H3,(H2,11,12). The lowest BCUT2D eigenvalue weighted by Gasteiger charge is -2.05. The summed E-state index contributed by atoms with van der Waals surface area (Å²) in [5, 5.41) is 0.208. The molecule has 12 heavy (non-hydrogen) atoms. The zero-order valence-corrected chi connectivity index (χ0v) is 7.07. The SMILES string of the molecule is Cc1nc(N)c(C(F)F)cc1Cl. The van der Waals surface area contributed by atoms with E-state index in [1.54, 1.807) is 6.92 Å². The minimum Gasteiger partial charge on any atom is -0.383 e. The molecule has 2 nitrogen and oxygen atoms in total. The van der Waals surface area contributed by atoms with Crippen LogP contribution < -0.4 is 5.73 Å². The summed E-state index contributed by atoms with van der Waals surface area (Å²) in [7, 11) is 0. The molecule has 0 spiro atoms. The number of hydrogen-bond donors (Lipinski definition) is 1. The molecule has 1 rings (SSSR count). The average Bonchev–Trinajstić information content (AvgIpc) is 1.96. The van der Waals surface area contributed by atoms with Gasteiger partial charge in [0.15, 0.2) is 0 Å². The number of aryl methyl sites for hydroxylation is 1. The molecule has 0 aliphatic carbocycles. The van der Waals surface area contributed by atoms with Crippen LogP contribution in [0.15, 0.2) is 6.07 Å². The van der Waals surface area contributed by atoms with Crippen LogP contribution in [0.5, 0.6) is 0 Å². The fourth-order valence-electron chi connectivity index (χ4n) is 0.788. The second-order valence-electron chi connectivity index (χ2n) is 2.33. The van der Waals surface area contributed by atoms with Gasteiger partial charge >= 0.3 is 0 Å². The Morgan fingerprint density at radius 3 is 2.67 bits per heavy atom. The molecule has 0 saturated carbocycles. The maximum absolute atomic E-state index is 12.2.